The summed E-state index contributed by atoms with van der Waals surface area (Å²) in [6.07, 6.45) is 4.70. The molecule has 37 heavy (non-hydrogen) atoms. The third-order valence-corrected chi connectivity index (χ3v) is 7.92. The SMILES string of the molecule is COc1ccc(S(=O)(=O)N(CCO)CCO[C@@H]2C[C@H](C(C)(C)C)C=C(C(=O)Nc3cccnc3)O2)cc1. The minimum Gasteiger partial charge on any atom is -0.497 e. The summed E-state index contributed by atoms with van der Waals surface area (Å²) in [7, 11) is -2.37. The lowest BCUT2D eigenvalue weighted by molar-refractivity contribution is -0.150. The Kier molecular flexibility index (Phi) is 9.66. The lowest BCUT2D eigenvalue weighted by atomic mass is 9.77. The van der Waals surface area contributed by atoms with Crippen LogP contribution < -0.4 is 10.1 Å². The molecule has 1 aliphatic heterocycles. The first-order valence-corrected chi connectivity index (χ1v) is 13.4. The summed E-state index contributed by atoms with van der Waals surface area (Å²) in [5.41, 5.74) is 0.377. The Labute approximate surface area is 218 Å². The maximum atomic E-state index is 13.1. The van der Waals surface area contributed by atoms with Crippen molar-refractivity contribution in [3.8, 4) is 5.75 Å². The Bertz CT molecular complexity index is 1160. The van der Waals surface area contributed by atoms with Gasteiger partial charge in [-0.15, -0.1) is 0 Å². The highest BCUT2D eigenvalue weighted by molar-refractivity contribution is 7.89. The van der Waals surface area contributed by atoms with E-state index in [0.717, 1.165) is 4.31 Å². The van der Waals surface area contributed by atoms with Crippen LogP contribution >= 0.6 is 0 Å². The first-order valence-electron chi connectivity index (χ1n) is 12.0. The van der Waals surface area contributed by atoms with E-state index >= 15 is 0 Å². The molecule has 202 valence electrons. The smallest absolute Gasteiger partial charge is 0.290 e. The van der Waals surface area contributed by atoms with Gasteiger partial charge in [-0.2, -0.15) is 4.31 Å². The van der Waals surface area contributed by atoms with Crippen LogP contribution in [0.15, 0.2) is 65.5 Å². The van der Waals surface area contributed by atoms with Crippen molar-refractivity contribution in [3.05, 3.63) is 60.6 Å². The largest absolute Gasteiger partial charge is 0.497 e. The van der Waals surface area contributed by atoms with Crippen LogP contribution in [0.1, 0.15) is 27.2 Å². The molecule has 1 aromatic carbocycles. The highest BCUT2D eigenvalue weighted by Gasteiger charge is 2.34. The minimum absolute atomic E-state index is 0.00407. The van der Waals surface area contributed by atoms with E-state index in [4.69, 9.17) is 14.2 Å². The van der Waals surface area contributed by atoms with Gasteiger partial charge >= 0.3 is 0 Å². The number of benzene rings is 1. The van der Waals surface area contributed by atoms with Crippen molar-refractivity contribution in [1.29, 1.82) is 0 Å². The van der Waals surface area contributed by atoms with E-state index in [1.165, 1.54) is 25.4 Å². The Hall–Kier alpha value is -2.99. The molecule has 1 aromatic heterocycles. The van der Waals surface area contributed by atoms with Crippen LogP contribution in [-0.2, 0) is 24.3 Å². The number of allylic oxidation sites excluding steroid dienone is 1. The van der Waals surface area contributed by atoms with E-state index in [-0.39, 0.29) is 48.3 Å². The standard InChI is InChI=1S/C26H35N3O7S/c1-26(2,3)19-16-23(25(31)28-20-6-5-11-27-18-20)36-24(17-19)35-15-13-29(12-14-30)37(32,33)22-9-7-21(34-4)8-10-22/h5-11,16,18-19,24,30H,12-15,17H2,1-4H3,(H,28,31)/t19-,24+/m1/s1. The van der Waals surface area contributed by atoms with Crippen LogP contribution in [-0.4, -0.2) is 68.4 Å². The number of ether oxygens (including phenoxy) is 3. The van der Waals surface area contributed by atoms with E-state index in [1.807, 2.05) is 0 Å². The zero-order valence-electron chi connectivity index (χ0n) is 21.6. The molecule has 1 amide bonds. The fraction of sp³-hybridized carbons (Fsp3) is 0.462. The Morgan fingerprint density at radius 1 is 1.22 bits per heavy atom. The minimum atomic E-state index is -3.87. The quantitative estimate of drug-likeness (QED) is 0.451. The van der Waals surface area contributed by atoms with Gasteiger partial charge in [-0.05, 0) is 53.8 Å². The highest BCUT2D eigenvalue weighted by Crippen LogP contribution is 2.36. The summed E-state index contributed by atoms with van der Waals surface area (Å²) in [4.78, 5) is 17.0. The number of hydrogen-bond donors (Lipinski definition) is 2. The van der Waals surface area contributed by atoms with Crippen LogP contribution in [0.4, 0.5) is 5.69 Å². The zero-order chi connectivity index (χ0) is 27.1. The predicted molar refractivity (Wildman–Crippen MR) is 138 cm³/mol. The number of aliphatic hydroxyl groups excluding tert-OH is 1. The van der Waals surface area contributed by atoms with Crippen molar-refractivity contribution in [1.82, 2.24) is 9.29 Å². The average Bonchev–Trinajstić information content (AvgIpc) is 2.88. The zero-order valence-corrected chi connectivity index (χ0v) is 22.4. The highest BCUT2D eigenvalue weighted by atomic mass is 32.2. The summed E-state index contributed by atoms with van der Waals surface area (Å²) in [6.45, 7) is 5.77. The number of rotatable bonds is 11. The van der Waals surface area contributed by atoms with Crippen LogP contribution in [0.25, 0.3) is 0 Å². The third-order valence-electron chi connectivity index (χ3n) is 6.00. The second-order valence-corrected chi connectivity index (χ2v) is 11.6. The van der Waals surface area contributed by atoms with Crippen molar-refractivity contribution < 1.29 is 32.5 Å². The number of pyridine rings is 1. The number of anilines is 1. The first kappa shape index (κ1) is 28.6. The van der Waals surface area contributed by atoms with Gasteiger partial charge in [0.1, 0.15) is 5.75 Å². The summed E-state index contributed by atoms with van der Waals surface area (Å²) < 4.78 is 44.3. The van der Waals surface area contributed by atoms with Gasteiger partial charge in [0.2, 0.25) is 16.3 Å². The summed E-state index contributed by atoms with van der Waals surface area (Å²) in [5, 5.41) is 12.2. The molecule has 0 bridgehead atoms. The normalized spacial score (nSPS) is 18.2. The van der Waals surface area contributed by atoms with Crippen molar-refractivity contribution in [2.45, 2.75) is 38.4 Å². The number of carbonyl (C=O) groups is 1. The van der Waals surface area contributed by atoms with Crippen molar-refractivity contribution in [3.63, 3.8) is 0 Å². The molecule has 2 aromatic rings. The maximum absolute atomic E-state index is 13.1. The molecule has 2 heterocycles. The van der Waals surface area contributed by atoms with Gasteiger partial charge in [-0.3, -0.25) is 9.78 Å². The summed E-state index contributed by atoms with van der Waals surface area (Å²) >= 11 is 0. The number of aromatic nitrogens is 1. The molecular weight excluding hydrogens is 498 g/mol. The number of hydrogen-bond acceptors (Lipinski definition) is 8. The number of nitrogens with zero attached hydrogens (tertiary/aromatic N) is 2. The second kappa shape index (κ2) is 12.5. The lowest BCUT2D eigenvalue weighted by Gasteiger charge is -2.36. The molecule has 2 atom stereocenters. The Morgan fingerprint density at radius 3 is 2.54 bits per heavy atom. The number of methoxy groups -OCH3 is 1. The van der Waals surface area contributed by atoms with Crippen molar-refractivity contribution in [2.75, 3.05) is 38.7 Å². The molecule has 2 N–H and O–H groups in total. The molecule has 1 aliphatic rings. The van der Waals surface area contributed by atoms with Crippen LogP contribution in [0.5, 0.6) is 5.75 Å². The van der Waals surface area contributed by atoms with Gasteiger partial charge in [0.15, 0.2) is 5.76 Å². The number of amides is 1. The lowest BCUT2D eigenvalue weighted by Crippen LogP contribution is -2.38. The first-order chi connectivity index (χ1) is 17.5. The molecule has 11 heteroatoms. The fourth-order valence-corrected chi connectivity index (χ4v) is 5.21. The molecule has 0 unspecified atom stereocenters. The van der Waals surface area contributed by atoms with Gasteiger partial charge in [-0.25, -0.2) is 8.42 Å². The molecule has 10 nitrogen and oxygen atoms in total. The van der Waals surface area contributed by atoms with Gasteiger partial charge in [-0.1, -0.05) is 20.8 Å². The molecule has 0 saturated heterocycles. The number of aliphatic hydroxyl groups is 1. The number of sulfonamides is 1. The van der Waals surface area contributed by atoms with Gasteiger partial charge in [0.05, 0.1) is 37.1 Å². The second-order valence-electron chi connectivity index (χ2n) is 9.66. The average molecular weight is 534 g/mol. The summed E-state index contributed by atoms with van der Waals surface area (Å²) in [5.74, 6) is 0.241. The molecule has 0 radical (unpaired) electrons. The number of carbonyl (C=O) groups excluding carboxylic acids is 1. The van der Waals surface area contributed by atoms with Gasteiger partial charge in [0.25, 0.3) is 5.91 Å². The predicted octanol–water partition coefficient (Wildman–Crippen LogP) is 3.02. The molecule has 0 aliphatic carbocycles. The molecule has 3 rings (SSSR count). The molecular formula is C26H35N3O7S. The van der Waals surface area contributed by atoms with Gasteiger partial charge < -0.3 is 24.6 Å². The monoisotopic (exact) mass is 533 g/mol. The van der Waals surface area contributed by atoms with E-state index in [2.05, 4.69) is 31.1 Å². The van der Waals surface area contributed by atoms with Crippen molar-refractivity contribution in [2.24, 2.45) is 11.3 Å². The van der Waals surface area contributed by atoms with Crippen LogP contribution in [0.2, 0.25) is 0 Å². The van der Waals surface area contributed by atoms with Gasteiger partial charge in [0, 0.05) is 25.7 Å². The van der Waals surface area contributed by atoms with E-state index in [0.29, 0.717) is 17.9 Å². The van der Waals surface area contributed by atoms with E-state index in [9.17, 15) is 18.3 Å². The fourth-order valence-electron chi connectivity index (χ4n) is 3.80. The van der Waals surface area contributed by atoms with Crippen molar-refractivity contribution >= 4 is 21.6 Å². The van der Waals surface area contributed by atoms with E-state index in [1.54, 1.807) is 36.5 Å². The van der Waals surface area contributed by atoms with Crippen LogP contribution in [0, 0.1) is 11.3 Å². The Morgan fingerprint density at radius 2 is 1.95 bits per heavy atom. The van der Waals surface area contributed by atoms with Crippen LogP contribution in [0.3, 0.4) is 0 Å². The topological polar surface area (TPSA) is 127 Å². The Balaban J connectivity index is 1.67. The maximum Gasteiger partial charge on any atom is 0.290 e. The third kappa shape index (κ3) is 7.75. The summed E-state index contributed by atoms with van der Waals surface area (Å²) in [6, 6.07) is 9.47. The van der Waals surface area contributed by atoms with E-state index < -0.39 is 22.2 Å². The molecule has 0 spiro atoms. The molecule has 0 fully saturated rings. The number of nitrogens with one attached hydrogen (secondary N) is 1. The molecule has 0 saturated carbocycles.